The van der Waals surface area contributed by atoms with Gasteiger partial charge in [-0.15, -0.1) is 0 Å². The number of aliphatic hydroxyl groups excluding tert-OH is 1. The lowest BCUT2D eigenvalue weighted by molar-refractivity contribution is -0.137. The molecule has 0 saturated carbocycles. The normalized spacial score (nSPS) is 12.9. The van der Waals surface area contributed by atoms with E-state index < -0.39 is 23.9 Å². The molecular weight excluding hydrogens is 273 g/mol. The molecule has 0 aromatic heterocycles. The number of urea groups is 1. The molecule has 4 nitrogen and oxygen atoms in total. The molecule has 0 bridgehead atoms. The van der Waals surface area contributed by atoms with Gasteiger partial charge in [0.15, 0.2) is 0 Å². The van der Waals surface area contributed by atoms with Crippen molar-refractivity contribution in [2.24, 2.45) is 0 Å². The number of anilines is 1. The Labute approximate surface area is 115 Å². The standard InChI is InChI=1S/C13H17F3N2O2/c1-3-18(8-9(2)19)12(20)17-11-6-4-10(5-7-11)13(14,15)16/h4-7,9,19H,3,8H2,1-2H3,(H,17,20). The van der Waals surface area contributed by atoms with Gasteiger partial charge in [-0.1, -0.05) is 0 Å². The van der Waals surface area contributed by atoms with E-state index in [1.807, 2.05) is 0 Å². The molecule has 0 aliphatic rings. The molecule has 112 valence electrons. The summed E-state index contributed by atoms with van der Waals surface area (Å²) in [6.07, 6.45) is -5.07. The Balaban J connectivity index is 2.70. The van der Waals surface area contributed by atoms with Crippen LogP contribution in [0.1, 0.15) is 19.4 Å². The van der Waals surface area contributed by atoms with Crippen LogP contribution in [0.5, 0.6) is 0 Å². The van der Waals surface area contributed by atoms with Crippen molar-refractivity contribution in [1.82, 2.24) is 4.90 Å². The summed E-state index contributed by atoms with van der Waals surface area (Å²) in [6.45, 7) is 3.84. The van der Waals surface area contributed by atoms with Gasteiger partial charge in [-0.05, 0) is 38.1 Å². The number of amides is 2. The molecule has 0 radical (unpaired) electrons. The summed E-state index contributed by atoms with van der Waals surface area (Å²) in [5.74, 6) is 0. The van der Waals surface area contributed by atoms with Crippen molar-refractivity contribution in [2.45, 2.75) is 26.1 Å². The summed E-state index contributed by atoms with van der Waals surface area (Å²) in [7, 11) is 0. The Kier molecular flexibility index (Phi) is 5.38. The summed E-state index contributed by atoms with van der Waals surface area (Å²) < 4.78 is 37.2. The first-order valence-electron chi connectivity index (χ1n) is 6.15. The molecule has 20 heavy (non-hydrogen) atoms. The van der Waals surface area contributed by atoms with Crippen molar-refractivity contribution in [2.75, 3.05) is 18.4 Å². The molecule has 1 rings (SSSR count). The van der Waals surface area contributed by atoms with E-state index in [-0.39, 0.29) is 12.2 Å². The van der Waals surface area contributed by atoms with Crippen molar-refractivity contribution in [1.29, 1.82) is 0 Å². The lowest BCUT2D eigenvalue weighted by Crippen LogP contribution is -2.39. The predicted molar refractivity (Wildman–Crippen MR) is 69.4 cm³/mol. The minimum absolute atomic E-state index is 0.156. The van der Waals surface area contributed by atoms with Crippen molar-refractivity contribution in [3.63, 3.8) is 0 Å². The Bertz CT molecular complexity index is 444. The predicted octanol–water partition coefficient (Wildman–Crippen LogP) is 2.94. The molecule has 0 saturated heterocycles. The van der Waals surface area contributed by atoms with Crippen molar-refractivity contribution in [3.8, 4) is 0 Å². The Morgan fingerprint density at radius 2 is 1.90 bits per heavy atom. The average molecular weight is 290 g/mol. The van der Waals surface area contributed by atoms with Crippen LogP contribution in [0.15, 0.2) is 24.3 Å². The highest BCUT2D eigenvalue weighted by Crippen LogP contribution is 2.29. The SMILES string of the molecule is CCN(CC(C)O)C(=O)Nc1ccc(C(F)(F)F)cc1. The maximum absolute atomic E-state index is 12.4. The molecule has 0 aliphatic heterocycles. The molecular formula is C13H17F3N2O2. The number of hydrogen-bond donors (Lipinski definition) is 2. The highest BCUT2D eigenvalue weighted by molar-refractivity contribution is 5.89. The molecule has 1 atom stereocenters. The van der Waals surface area contributed by atoms with Gasteiger partial charge in [0.2, 0.25) is 0 Å². The van der Waals surface area contributed by atoms with E-state index in [1.54, 1.807) is 13.8 Å². The van der Waals surface area contributed by atoms with E-state index in [0.717, 1.165) is 12.1 Å². The van der Waals surface area contributed by atoms with Gasteiger partial charge >= 0.3 is 12.2 Å². The van der Waals surface area contributed by atoms with Crippen molar-refractivity contribution < 1.29 is 23.1 Å². The Morgan fingerprint density at radius 3 is 2.30 bits per heavy atom. The second-order valence-electron chi connectivity index (χ2n) is 4.39. The number of nitrogens with one attached hydrogen (secondary N) is 1. The van der Waals surface area contributed by atoms with Crippen LogP contribution in [0.2, 0.25) is 0 Å². The number of aliphatic hydroxyl groups is 1. The highest BCUT2D eigenvalue weighted by Gasteiger charge is 2.30. The monoisotopic (exact) mass is 290 g/mol. The molecule has 1 aromatic rings. The van der Waals surface area contributed by atoms with E-state index in [9.17, 15) is 23.1 Å². The van der Waals surface area contributed by atoms with Crippen LogP contribution >= 0.6 is 0 Å². The van der Waals surface area contributed by atoms with Crippen LogP contribution in [-0.2, 0) is 6.18 Å². The third-order valence-electron chi connectivity index (χ3n) is 2.62. The summed E-state index contributed by atoms with van der Waals surface area (Å²) in [5, 5.41) is 11.7. The lowest BCUT2D eigenvalue weighted by atomic mass is 10.2. The second kappa shape index (κ2) is 6.60. The number of nitrogens with zero attached hydrogens (tertiary/aromatic N) is 1. The maximum Gasteiger partial charge on any atom is 0.416 e. The third-order valence-corrected chi connectivity index (χ3v) is 2.62. The number of alkyl halides is 3. The molecule has 7 heteroatoms. The minimum atomic E-state index is -4.40. The fourth-order valence-electron chi connectivity index (χ4n) is 1.62. The van der Waals surface area contributed by atoms with Crippen LogP contribution in [-0.4, -0.2) is 35.2 Å². The van der Waals surface area contributed by atoms with Crippen LogP contribution in [0.4, 0.5) is 23.7 Å². The first-order valence-corrected chi connectivity index (χ1v) is 6.15. The third kappa shape index (κ3) is 4.73. The van der Waals surface area contributed by atoms with Gasteiger partial charge < -0.3 is 15.3 Å². The summed E-state index contributed by atoms with van der Waals surface area (Å²) in [4.78, 5) is 13.2. The van der Waals surface area contributed by atoms with Crippen LogP contribution in [0.25, 0.3) is 0 Å². The van der Waals surface area contributed by atoms with Crippen molar-refractivity contribution >= 4 is 11.7 Å². The highest BCUT2D eigenvalue weighted by atomic mass is 19.4. The molecule has 0 spiro atoms. The molecule has 0 aliphatic carbocycles. The number of carbonyl (C=O) groups excluding carboxylic acids is 1. The van der Waals surface area contributed by atoms with Gasteiger partial charge in [0, 0.05) is 18.8 Å². The Morgan fingerprint density at radius 1 is 1.35 bits per heavy atom. The summed E-state index contributed by atoms with van der Waals surface area (Å²) in [6, 6.07) is 3.72. The number of hydrogen-bond acceptors (Lipinski definition) is 2. The van der Waals surface area contributed by atoms with E-state index >= 15 is 0 Å². The second-order valence-corrected chi connectivity index (χ2v) is 4.39. The summed E-state index contributed by atoms with van der Waals surface area (Å²) >= 11 is 0. The first kappa shape index (κ1) is 16.3. The number of benzene rings is 1. The topological polar surface area (TPSA) is 52.6 Å². The van der Waals surface area contributed by atoms with Gasteiger partial charge in [-0.3, -0.25) is 0 Å². The van der Waals surface area contributed by atoms with E-state index in [2.05, 4.69) is 5.32 Å². The number of carbonyl (C=O) groups is 1. The van der Waals surface area contributed by atoms with Gasteiger partial charge in [-0.2, -0.15) is 13.2 Å². The first-order chi connectivity index (χ1) is 9.24. The zero-order valence-corrected chi connectivity index (χ0v) is 11.2. The van der Waals surface area contributed by atoms with Crippen LogP contribution in [0, 0.1) is 0 Å². The maximum atomic E-state index is 12.4. The quantitative estimate of drug-likeness (QED) is 0.895. The Hall–Kier alpha value is -1.76. The van der Waals surface area contributed by atoms with Crippen LogP contribution in [0.3, 0.4) is 0 Å². The average Bonchev–Trinajstić information content (AvgIpc) is 2.35. The van der Waals surface area contributed by atoms with Gasteiger partial charge in [-0.25, -0.2) is 4.79 Å². The lowest BCUT2D eigenvalue weighted by Gasteiger charge is -2.22. The smallest absolute Gasteiger partial charge is 0.392 e. The largest absolute Gasteiger partial charge is 0.416 e. The number of rotatable bonds is 4. The molecule has 0 fully saturated rings. The molecule has 0 heterocycles. The fraction of sp³-hybridized carbons (Fsp3) is 0.462. The van der Waals surface area contributed by atoms with E-state index in [1.165, 1.54) is 17.0 Å². The molecule has 1 unspecified atom stereocenters. The molecule has 2 amide bonds. The molecule has 2 N–H and O–H groups in total. The van der Waals surface area contributed by atoms with Crippen molar-refractivity contribution in [3.05, 3.63) is 29.8 Å². The van der Waals surface area contributed by atoms with E-state index in [4.69, 9.17) is 0 Å². The molecule has 1 aromatic carbocycles. The number of likely N-dealkylation sites (N-methyl/N-ethyl adjacent to an activating group) is 1. The van der Waals surface area contributed by atoms with Crippen LogP contribution < -0.4 is 5.32 Å². The summed E-state index contributed by atoms with van der Waals surface area (Å²) in [5.41, 5.74) is -0.501. The fourth-order valence-corrected chi connectivity index (χ4v) is 1.62. The van der Waals surface area contributed by atoms with Gasteiger partial charge in [0.25, 0.3) is 0 Å². The number of halogens is 3. The zero-order chi connectivity index (χ0) is 15.3. The van der Waals surface area contributed by atoms with Gasteiger partial charge in [0.05, 0.1) is 11.7 Å². The van der Waals surface area contributed by atoms with Gasteiger partial charge in [0.1, 0.15) is 0 Å². The van der Waals surface area contributed by atoms with E-state index in [0.29, 0.717) is 6.54 Å². The zero-order valence-electron chi connectivity index (χ0n) is 11.2. The minimum Gasteiger partial charge on any atom is -0.392 e.